The summed E-state index contributed by atoms with van der Waals surface area (Å²) in [5.41, 5.74) is 0. The van der Waals surface area contributed by atoms with Gasteiger partial charge in [0.15, 0.2) is 0 Å². The summed E-state index contributed by atoms with van der Waals surface area (Å²) in [6.45, 7) is 4.09. The molecule has 0 bridgehead atoms. The summed E-state index contributed by atoms with van der Waals surface area (Å²) in [6, 6.07) is 3.65. The average molecular weight is 259 g/mol. The highest BCUT2D eigenvalue weighted by atomic mass is 32.2. The van der Waals surface area contributed by atoms with Gasteiger partial charge in [0, 0.05) is 10.9 Å². The second-order valence-corrected chi connectivity index (χ2v) is 7.83. The highest BCUT2D eigenvalue weighted by Crippen LogP contribution is 2.27. The van der Waals surface area contributed by atoms with E-state index in [9.17, 15) is 8.42 Å². The topological polar surface area (TPSA) is 46.2 Å². The fourth-order valence-electron chi connectivity index (χ4n) is 2.15. The summed E-state index contributed by atoms with van der Waals surface area (Å²) in [7, 11) is -3.28. The summed E-state index contributed by atoms with van der Waals surface area (Å²) in [5.74, 6) is 0.637. The van der Waals surface area contributed by atoms with Crippen LogP contribution in [0.25, 0.3) is 0 Å². The predicted octanol–water partition coefficient (Wildman–Crippen LogP) is 2.52. The van der Waals surface area contributed by atoms with Gasteiger partial charge in [-0.3, -0.25) is 0 Å². The van der Waals surface area contributed by atoms with E-state index in [2.05, 4.69) is 11.6 Å². The number of aryl methyl sites for hydroxylation is 1. The SMILES string of the molecule is Cc1ccc(S(=O)(=O)NC2CCC(C)C2)s1. The van der Waals surface area contributed by atoms with Gasteiger partial charge in [0.1, 0.15) is 4.21 Å². The van der Waals surface area contributed by atoms with Gasteiger partial charge < -0.3 is 0 Å². The van der Waals surface area contributed by atoms with Gasteiger partial charge in [0.2, 0.25) is 10.0 Å². The third kappa shape index (κ3) is 2.64. The molecule has 0 aromatic carbocycles. The number of sulfonamides is 1. The van der Waals surface area contributed by atoms with Gasteiger partial charge in [-0.15, -0.1) is 11.3 Å². The number of hydrogen-bond donors (Lipinski definition) is 1. The van der Waals surface area contributed by atoms with Crippen LogP contribution >= 0.6 is 11.3 Å². The molecule has 0 amide bonds. The summed E-state index contributed by atoms with van der Waals surface area (Å²) in [4.78, 5) is 1.03. The molecule has 5 heteroatoms. The van der Waals surface area contributed by atoms with Gasteiger partial charge in [-0.2, -0.15) is 0 Å². The molecule has 1 N–H and O–H groups in total. The molecular formula is C11H17NO2S2. The van der Waals surface area contributed by atoms with Gasteiger partial charge in [-0.1, -0.05) is 6.92 Å². The molecule has 2 unspecified atom stereocenters. The van der Waals surface area contributed by atoms with Gasteiger partial charge in [0.05, 0.1) is 0 Å². The van der Waals surface area contributed by atoms with Crippen LogP contribution in [0.3, 0.4) is 0 Å². The maximum atomic E-state index is 12.0. The molecule has 0 radical (unpaired) electrons. The van der Waals surface area contributed by atoms with Crippen molar-refractivity contribution in [2.24, 2.45) is 5.92 Å². The van der Waals surface area contributed by atoms with Crippen LogP contribution in [0, 0.1) is 12.8 Å². The van der Waals surface area contributed by atoms with Gasteiger partial charge >= 0.3 is 0 Å². The maximum absolute atomic E-state index is 12.0. The van der Waals surface area contributed by atoms with Crippen molar-refractivity contribution >= 4 is 21.4 Å². The van der Waals surface area contributed by atoms with Crippen LogP contribution < -0.4 is 4.72 Å². The standard InChI is InChI=1S/C11H17NO2S2/c1-8-3-5-10(7-8)12-16(13,14)11-6-4-9(2)15-11/h4,6,8,10,12H,3,5,7H2,1-2H3. The smallest absolute Gasteiger partial charge is 0.207 e. The molecule has 1 saturated carbocycles. The Hall–Kier alpha value is -0.390. The molecule has 1 heterocycles. The molecular weight excluding hydrogens is 242 g/mol. The van der Waals surface area contributed by atoms with E-state index in [1.807, 2.05) is 13.0 Å². The van der Waals surface area contributed by atoms with Crippen molar-refractivity contribution in [2.75, 3.05) is 0 Å². The van der Waals surface area contributed by atoms with E-state index in [1.54, 1.807) is 6.07 Å². The van der Waals surface area contributed by atoms with E-state index in [1.165, 1.54) is 11.3 Å². The van der Waals surface area contributed by atoms with Gasteiger partial charge in [-0.25, -0.2) is 13.1 Å². The lowest BCUT2D eigenvalue weighted by atomic mass is 10.1. The van der Waals surface area contributed by atoms with Crippen molar-refractivity contribution in [3.05, 3.63) is 17.0 Å². The van der Waals surface area contributed by atoms with E-state index < -0.39 is 10.0 Å². The number of hydrogen-bond acceptors (Lipinski definition) is 3. The molecule has 0 aliphatic heterocycles. The fourth-order valence-corrected chi connectivity index (χ4v) is 4.73. The zero-order valence-corrected chi connectivity index (χ0v) is 11.2. The quantitative estimate of drug-likeness (QED) is 0.906. The Bertz CT molecular complexity index is 464. The lowest BCUT2D eigenvalue weighted by molar-refractivity contribution is 0.540. The van der Waals surface area contributed by atoms with Gasteiger partial charge in [-0.05, 0) is 44.2 Å². The summed E-state index contributed by atoms with van der Waals surface area (Å²) < 4.78 is 27.2. The monoisotopic (exact) mass is 259 g/mol. The third-order valence-electron chi connectivity index (χ3n) is 3.00. The van der Waals surface area contributed by atoms with Crippen molar-refractivity contribution < 1.29 is 8.42 Å². The lowest BCUT2D eigenvalue weighted by Gasteiger charge is -2.11. The molecule has 0 saturated heterocycles. The molecule has 1 aromatic heterocycles. The largest absolute Gasteiger partial charge is 0.250 e. The first-order chi connectivity index (χ1) is 7.47. The molecule has 1 fully saturated rings. The van der Waals surface area contributed by atoms with Crippen LogP contribution in [0.1, 0.15) is 31.1 Å². The molecule has 0 spiro atoms. The van der Waals surface area contributed by atoms with Gasteiger partial charge in [0.25, 0.3) is 0 Å². The highest BCUT2D eigenvalue weighted by molar-refractivity contribution is 7.91. The molecule has 3 nitrogen and oxygen atoms in total. The van der Waals surface area contributed by atoms with Crippen LogP contribution in [0.15, 0.2) is 16.3 Å². The third-order valence-corrected chi connectivity index (χ3v) is 6.01. The molecule has 2 atom stereocenters. The van der Waals surface area contributed by atoms with Crippen LogP contribution in [-0.4, -0.2) is 14.5 Å². The van der Waals surface area contributed by atoms with E-state index in [4.69, 9.17) is 0 Å². The number of thiophene rings is 1. The van der Waals surface area contributed by atoms with Crippen molar-refractivity contribution in [2.45, 2.75) is 43.4 Å². The minimum absolute atomic E-state index is 0.127. The zero-order chi connectivity index (χ0) is 11.8. The normalized spacial score (nSPS) is 26.1. The first-order valence-corrected chi connectivity index (χ1v) is 7.86. The number of nitrogens with one attached hydrogen (secondary N) is 1. The van der Waals surface area contributed by atoms with Crippen molar-refractivity contribution in [1.29, 1.82) is 0 Å². The molecule has 90 valence electrons. The Morgan fingerprint density at radius 2 is 2.12 bits per heavy atom. The Balaban J connectivity index is 2.09. The molecule has 2 rings (SSSR count). The highest BCUT2D eigenvalue weighted by Gasteiger charge is 2.26. The summed E-state index contributed by atoms with van der Waals surface area (Å²) in [5, 5.41) is 0. The molecule has 16 heavy (non-hydrogen) atoms. The Kier molecular flexibility index (Phi) is 3.37. The minimum atomic E-state index is -3.28. The van der Waals surface area contributed by atoms with Crippen LogP contribution in [-0.2, 0) is 10.0 Å². The molecule has 1 aliphatic carbocycles. The van der Waals surface area contributed by atoms with Crippen molar-refractivity contribution in [3.63, 3.8) is 0 Å². The number of rotatable bonds is 3. The molecule has 1 aliphatic rings. The second-order valence-electron chi connectivity index (χ2n) is 4.60. The summed E-state index contributed by atoms with van der Waals surface area (Å²) in [6.07, 6.45) is 3.05. The van der Waals surface area contributed by atoms with Crippen LogP contribution in [0.4, 0.5) is 0 Å². The van der Waals surface area contributed by atoms with E-state index in [0.29, 0.717) is 10.1 Å². The first kappa shape index (κ1) is 12.1. The van der Waals surface area contributed by atoms with Crippen molar-refractivity contribution in [3.8, 4) is 0 Å². The molecule has 1 aromatic rings. The Morgan fingerprint density at radius 3 is 2.62 bits per heavy atom. The lowest BCUT2D eigenvalue weighted by Crippen LogP contribution is -2.32. The van der Waals surface area contributed by atoms with E-state index in [0.717, 1.165) is 24.1 Å². The first-order valence-electron chi connectivity index (χ1n) is 5.56. The predicted molar refractivity (Wildman–Crippen MR) is 66.2 cm³/mol. The van der Waals surface area contributed by atoms with E-state index in [-0.39, 0.29) is 6.04 Å². The second kappa shape index (κ2) is 4.47. The zero-order valence-electron chi connectivity index (χ0n) is 9.56. The van der Waals surface area contributed by atoms with E-state index >= 15 is 0 Å². The fraction of sp³-hybridized carbons (Fsp3) is 0.636. The minimum Gasteiger partial charge on any atom is -0.207 e. The summed E-state index contributed by atoms with van der Waals surface area (Å²) >= 11 is 1.33. The van der Waals surface area contributed by atoms with Crippen molar-refractivity contribution in [1.82, 2.24) is 4.72 Å². The van der Waals surface area contributed by atoms with Crippen LogP contribution in [0.5, 0.6) is 0 Å². The maximum Gasteiger partial charge on any atom is 0.250 e. The Morgan fingerprint density at radius 1 is 1.38 bits per heavy atom. The Labute approximate surface area is 101 Å². The average Bonchev–Trinajstić information content (AvgIpc) is 2.75. The van der Waals surface area contributed by atoms with Crippen LogP contribution in [0.2, 0.25) is 0 Å².